The van der Waals surface area contributed by atoms with Gasteiger partial charge in [0.1, 0.15) is 0 Å². The maximum absolute atomic E-state index is 4.85. The normalized spacial score (nSPS) is 8.50. The Kier molecular flexibility index (Phi) is 21.1. The molecule has 2 N–H and O–H groups in total. The van der Waals surface area contributed by atoms with E-state index in [2.05, 4.69) is 19.1 Å². The highest BCUT2D eigenvalue weighted by atomic mass is 14.5. The lowest BCUT2D eigenvalue weighted by atomic mass is 10.4. The van der Waals surface area contributed by atoms with Crippen molar-refractivity contribution in [1.82, 2.24) is 0 Å². The summed E-state index contributed by atoms with van der Waals surface area (Å²) in [6.45, 7) is 6.81. The molecule has 0 aliphatic carbocycles. The first-order chi connectivity index (χ1) is 3.83. The van der Waals surface area contributed by atoms with Gasteiger partial charge in [0.05, 0.1) is 0 Å². The Labute approximate surface area is 52.6 Å². The minimum absolute atomic E-state index is 0.750. The van der Waals surface area contributed by atoms with Gasteiger partial charge in [0.2, 0.25) is 0 Å². The summed E-state index contributed by atoms with van der Waals surface area (Å²) in [5.74, 6) is 0. The fourth-order valence-electron chi connectivity index (χ4n) is 0.236. The number of hydrogen-bond acceptors (Lipinski definition) is 1. The van der Waals surface area contributed by atoms with Crippen LogP contribution in [0, 0.1) is 0 Å². The molecule has 0 spiro atoms. The molecule has 50 valence electrons. The Balaban J connectivity index is 0. The molecule has 0 rings (SSSR count). The topological polar surface area (TPSA) is 26.0 Å². The molecule has 0 amide bonds. The molecule has 0 aliphatic heterocycles. The van der Waals surface area contributed by atoms with E-state index in [-0.39, 0.29) is 0 Å². The van der Waals surface area contributed by atoms with Crippen LogP contribution < -0.4 is 5.73 Å². The van der Waals surface area contributed by atoms with E-state index in [0.717, 1.165) is 13.0 Å². The fraction of sp³-hybridized carbons (Fsp3) is 0.714. The van der Waals surface area contributed by atoms with Crippen LogP contribution in [0.2, 0.25) is 0 Å². The lowest BCUT2D eigenvalue weighted by Gasteiger charge is -1.65. The minimum Gasteiger partial charge on any atom is -0.331 e. The Bertz CT molecular complexity index is 39.7. The first-order valence-electron chi connectivity index (χ1n) is 3.14. The summed E-state index contributed by atoms with van der Waals surface area (Å²) in [5, 5.41) is 0. The van der Waals surface area contributed by atoms with Gasteiger partial charge in [0.25, 0.3) is 0 Å². The minimum atomic E-state index is 0.750. The van der Waals surface area contributed by atoms with Crippen molar-refractivity contribution in [3.8, 4) is 0 Å². The van der Waals surface area contributed by atoms with E-state index in [0.29, 0.717) is 0 Å². The lowest BCUT2D eigenvalue weighted by molar-refractivity contribution is 1.14. The van der Waals surface area contributed by atoms with Crippen molar-refractivity contribution in [1.29, 1.82) is 0 Å². The van der Waals surface area contributed by atoms with Crippen LogP contribution in [0.1, 0.15) is 27.2 Å². The maximum atomic E-state index is 4.85. The molecule has 0 saturated heterocycles. The molecule has 8 heavy (non-hydrogen) atoms. The Morgan fingerprint density at radius 1 is 1.38 bits per heavy atom. The van der Waals surface area contributed by atoms with Crippen molar-refractivity contribution < 1.29 is 0 Å². The van der Waals surface area contributed by atoms with Gasteiger partial charge in [-0.25, -0.2) is 0 Å². The number of nitrogens with two attached hydrogens (primary N) is 1. The third-order valence-corrected chi connectivity index (χ3v) is 0.471. The average molecular weight is 115 g/mol. The average Bonchev–Trinajstić information content (AvgIpc) is 1.71. The molecule has 0 saturated carbocycles. The molecule has 0 fully saturated rings. The molecule has 0 radical (unpaired) electrons. The zero-order chi connectivity index (χ0) is 6.83. The van der Waals surface area contributed by atoms with Crippen molar-refractivity contribution in [2.45, 2.75) is 27.2 Å². The molecule has 0 atom stereocenters. The van der Waals surface area contributed by atoms with E-state index >= 15 is 0 Å². The summed E-state index contributed by atoms with van der Waals surface area (Å²) in [6.07, 6.45) is 5.34. The smallest absolute Gasteiger partial charge is 0.0106 e. The van der Waals surface area contributed by atoms with Crippen LogP contribution in [0.4, 0.5) is 0 Å². The van der Waals surface area contributed by atoms with Crippen LogP contribution >= 0.6 is 0 Å². The standard InChI is InChI=1S/C5H10.C2H7N/c1-3-5-4-2;1-2-3/h3,5H,4H2,1-2H3;2-3H2,1H3/b5-3-;. The molecule has 0 aromatic carbocycles. The molecule has 0 heterocycles. The summed E-state index contributed by atoms with van der Waals surface area (Å²) < 4.78 is 0. The number of allylic oxidation sites excluding steroid dienone is 2. The van der Waals surface area contributed by atoms with Gasteiger partial charge in [0, 0.05) is 0 Å². The highest BCUT2D eigenvalue weighted by Crippen LogP contribution is 1.73. The highest BCUT2D eigenvalue weighted by molar-refractivity contribution is 4.73. The van der Waals surface area contributed by atoms with Gasteiger partial charge in [-0.2, -0.15) is 0 Å². The second kappa shape index (κ2) is 15.9. The van der Waals surface area contributed by atoms with E-state index in [1.165, 1.54) is 0 Å². The van der Waals surface area contributed by atoms with Gasteiger partial charge >= 0.3 is 0 Å². The zero-order valence-corrected chi connectivity index (χ0v) is 6.15. The Morgan fingerprint density at radius 3 is 1.75 bits per heavy atom. The van der Waals surface area contributed by atoms with E-state index in [1.54, 1.807) is 0 Å². The van der Waals surface area contributed by atoms with E-state index in [9.17, 15) is 0 Å². The Hall–Kier alpha value is -0.300. The largest absolute Gasteiger partial charge is 0.331 e. The van der Waals surface area contributed by atoms with Gasteiger partial charge in [-0.1, -0.05) is 26.0 Å². The number of rotatable bonds is 1. The summed E-state index contributed by atoms with van der Waals surface area (Å²) in [4.78, 5) is 0. The molecule has 1 heteroatoms. The molecule has 0 unspecified atom stereocenters. The predicted molar refractivity (Wildman–Crippen MR) is 39.8 cm³/mol. The van der Waals surface area contributed by atoms with Crippen LogP contribution in [0.3, 0.4) is 0 Å². The third-order valence-electron chi connectivity index (χ3n) is 0.471. The summed E-state index contributed by atoms with van der Waals surface area (Å²) in [6, 6.07) is 0. The van der Waals surface area contributed by atoms with E-state index < -0.39 is 0 Å². The van der Waals surface area contributed by atoms with E-state index in [1.807, 2.05) is 13.8 Å². The van der Waals surface area contributed by atoms with Crippen LogP contribution in [-0.2, 0) is 0 Å². The van der Waals surface area contributed by atoms with Crippen molar-refractivity contribution in [2.75, 3.05) is 6.54 Å². The third kappa shape index (κ3) is 43.6. The number of hydrogen-bond donors (Lipinski definition) is 1. The molecular weight excluding hydrogens is 98.1 g/mol. The summed E-state index contributed by atoms with van der Waals surface area (Å²) in [7, 11) is 0. The fourth-order valence-corrected chi connectivity index (χ4v) is 0.236. The van der Waals surface area contributed by atoms with Crippen LogP contribution in [-0.4, -0.2) is 6.54 Å². The first kappa shape index (κ1) is 10.6. The van der Waals surface area contributed by atoms with Crippen molar-refractivity contribution in [3.05, 3.63) is 12.2 Å². The van der Waals surface area contributed by atoms with Crippen LogP contribution in [0.25, 0.3) is 0 Å². The predicted octanol–water partition coefficient (Wildman–Crippen LogP) is 1.94. The first-order valence-corrected chi connectivity index (χ1v) is 3.14. The summed E-state index contributed by atoms with van der Waals surface area (Å²) in [5.41, 5.74) is 4.85. The molecule has 0 aromatic rings. The summed E-state index contributed by atoms with van der Waals surface area (Å²) >= 11 is 0. The molecular formula is C7H17N. The van der Waals surface area contributed by atoms with Crippen LogP contribution in [0.5, 0.6) is 0 Å². The maximum Gasteiger partial charge on any atom is -0.0106 e. The van der Waals surface area contributed by atoms with Gasteiger partial charge in [-0.05, 0) is 19.9 Å². The quantitative estimate of drug-likeness (QED) is 0.519. The van der Waals surface area contributed by atoms with Gasteiger partial charge in [-0.15, -0.1) is 0 Å². The SMILES string of the molecule is C/C=C\CC.CCN. The van der Waals surface area contributed by atoms with Gasteiger partial charge in [0.15, 0.2) is 0 Å². The second-order valence-corrected chi connectivity index (χ2v) is 1.39. The van der Waals surface area contributed by atoms with Crippen molar-refractivity contribution >= 4 is 0 Å². The van der Waals surface area contributed by atoms with Crippen molar-refractivity contribution in [3.63, 3.8) is 0 Å². The molecule has 0 aromatic heterocycles. The Morgan fingerprint density at radius 2 is 1.75 bits per heavy atom. The van der Waals surface area contributed by atoms with Gasteiger partial charge in [-0.3, -0.25) is 0 Å². The zero-order valence-electron chi connectivity index (χ0n) is 6.15. The molecule has 0 aliphatic rings. The molecule has 1 nitrogen and oxygen atoms in total. The molecule has 0 bridgehead atoms. The van der Waals surface area contributed by atoms with Crippen molar-refractivity contribution in [2.24, 2.45) is 5.73 Å². The van der Waals surface area contributed by atoms with E-state index in [4.69, 9.17) is 5.73 Å². The van der Waals surface area contributed by atoms with Crippen LogP contribution in [0.15, 0.2) is 12.2 Å². The monoisotopic (exact) mass is 115 g/mol. The van der Waals surface area contributed by atoms with Gasteiger partial charge < -0.3 is 5.73 Å². The lowest BCUT2D eigenvalue weighted by Crippen LogP contribution is -1.87. The highest BCUT2D eigenvalue weighted by Gasteiger charge is 1.52. The second-order valence-electron chi connectivity index (χ2n) is 1.39.